The first-order chi connectivity index (χ1) is 19.0. The second kappa shape index (κ2) is 11.4. The van der Waals surface area contributed by atoms with Gasteiger partial charge in [-0.1, -0.05) is 6.07 Å². The molecule has 0 aliphatic carbocycles. The molecule has 0 saturated heterocycles. The Labute approximate surface area is 224 Å². The van der Waals surface area contributed by atoms with Crippen LogP contribution < -0.4 is 20.3 Å². The van der Waals surface area contributed by atoms with Gasteiger partial charge in [0.25, 0.3) is 11.5 Å². The second-order valence-electron chi connectivity index (χ2n) is 8.23. The van der Waals surface area contributed by atoms with Crippen molar-refractivity contribution in [1.82, 2.24) is 9.36 Å². The number of hydrogen-bond donors (Lipinski definition) is 1. The van der Waals surface area contributed by atoms with Crippen LogP contribution in [0.25, 0.3) is 16.9 Å². The molecule has 3 aromatic carbocycles. The van der Waals surface area contributed by atoms with Crippen molar-refractivity contribution in [3.05, 3.63) is 93.8 Å². The van der Waals surface area contributed by atoms with E-state index in [1.165, 1.54) is 57.7 Å². The lowest BCUT2D eigenvalue weighted by molar-refractivity contribution is -0.0498. The van der Waals surface area contributed by atoms with Crippen LogP contribution in [0.5, 0.6) is 11.5 Å². The molecule has 40 heavy (non-hydrogen) atoms. The highest BCUT2D eigenvalue weighted by atomic mass is 19.3. The number of halogens is 4. The molecule has 0 atom stereocenters. The van der Waals surface area contributed by atoms with Crippen molar-refractivity contribution in [1.29, 1.82) is 0 Å². The third kappa shape index (κ3) is 5.39. The normalized spacial score (nSPS) is 10.9. The molecule has 0 radical (unpaired) electrons. The van der Waals surface area contributed by atoms with E-state index in [0.29, 0.717) is 0 Å². The number of nitrogens with one attached hydrogen (secondary N) is 1. The van der Waals surface area contributed by atoms with Gasteiger partial charge in [0.15, 0.2) is 0 Å². The third-order valence-corrected chi connectivity index (χ3v) is 5.85. The number of ether oxygens (including phenoxy) is 3. The Morgan fingerprint density at radius 3 is 2.12 bits per heavy atom. The first-order valence-electron chi connectivity index (χ1n) is 11.5. The van der Waals surface area contributed by atoms with Gasteiger partial charge < -0.3 is 19.5 Å². The summed E-state index contributed by atoms with van der Waals surface area (Å²) in [5.41, 5.74) is -2.21. The van der Waals surface area contributed by atoms with Gasteiger partial charge in [-0.25, -0.2) is 18.3 Å². The van der Waals surface area contributed by atoms with E-state index in [-0.39, 0.29) is 34.0 Å². The maximum absolute atomic E-state index is 15.2. The molecule has 0 unspecified atom stereocenters. The van der Waals surface area contributed by atoms with E-state index in [0.717, 1.165) is 33.6 Å². The van der Waals surface area contributed by atoms with E-state index in [1.807, 2.05) is 0 Å². The van der Waals surface area contributed by atoms with Crippen LogP contribution in [0.3, 0.4) is 0 Å². The molecule has 1 aromatic heterocycles. The summed E-state index contributed by atoms with van der Waals surface area (Å²) in [6, 6.07) is 12.1. The Hall–Kier alpha value is -5.07. The number of alkyl halides is 2. The number of esters is 1. The lowest BCUT2D eigenvalue weighted by Crippen LogP contribution is -2.23. The van der Waals surface area contributed by atoms with Crippen molar-refractivity contribution in [2.45, 2.75) is 6.61 Å². The fourth-order valence-electron chi connectivity index (χ4n) is 4.05. The van der Waals surface area contributed by atoms with Crippen LogP contribution in [-0.4, -0.2) is 42.1 Å². The van der Waals surface area contributed by atoms with Gasteiger partial charge in [0.1, 0.15) is 34.5 Å². The minimum absolute atomic E-state index is 0.0641. The van der Waals surface area contributed by atoms with Crippen LogP contribution in [0.2, 0.25) is 0 Å². The van der Waals surface area contributed by atoms with Crippen molar-refractivity contribution in [2.24, 2.45) is 7.05 Å². The molecule has 0 bridgehead atoms. The molecule has 1 heterocycles. The molecule has 0 aliphatic heterocycles. The van der Waals surface area contributed by atoms with Crippen molar-refractivity contribution in [3.8, 4) is 28.4 Å². The van der Waals surface area contributed by atoms with Gasteiger partial charge in [0, 0.05) is 24.7 Å². The third-order valence-electron chi connectivity index (χ3n) is 5.85. The predicted octanol–water partition coefficient (Wildman–Crippen LogP) is 4.77. The predicted molar refractivity (Wildman–Crippen MR) is 135 cm³/mol. The fraction of sp³-hybridized carbons (Fsp3) is 0.148. The Bertz CT molecular complexity index is 1620. The van der Waals surface area contributed by atoms with E-state index < -0.39 is 46.9 Å². The zero-order valence-electron chi connectivity index (χ0n) is 21.2. The Morgan fingerprint density at radius 2 is 1.55 bits per heavy atom. The molecule has 1 amide bonds. The van der Waals surface area contributed by atoms with Gasteiger partial charge in [-0.3, -0.25) is 14.3 Å². The van der Waals surface area contributed by atoms with Gasteiger partial charge in [0.05, 0.1) is 31.0 Å². The van der Waals surface area contributed by atoms with E-state index in [2.05, 4.69) is 10.1 Å². The van der Waals surface area contributed by atoms with Gasteiger partial charge in [-0.2, -0.15) is 8.78 Å². The monoisotopic (exact) mass is 559 g/mol. The van der Waals surface area contributed by atoms with E-state index in [4.69, 9.17) is 9.47 Å². The van der Waals surface area contributed by atoms with Crippen molar-refractivity contribution in [3.63, 3.8) is 0 Å². The molecule has 0 saturated carbocycles. The molecule has 9 nitrogen and oxygen atoms in total. The first-order valence-corrected chi connectivity index (χ1v) is 11.5. The van der Waals surface area contributed by atoms with Gasteiger partial charge >= 0.3 is 12.6 Å². The fourth-order valence-corrected chi connectivity index (χ4v) is 4.05. The number of benzene rings is 3. The minimum atomic E-state index is -3.07. The Morgan fingerprint density at radius 1 is 0.900 bits per heavy atom. The second-order valence-corrected chi connectivity index (χ2v) is 8.23. The summed E-state index contributed by atoms with van der Waals surface area (Å²) < 4.78 is 71.4. The van der Waals surface area contributed by atoms with Crippen molar-refractivity contribution in [2.75, 3.05) is 19.5 Å². The van der Waals surface area contributed by atoms with Gasteiger partial charge in [-0.05, 0) is 42.5 Å². The van der Waals surface area contributed by atoms with E-state index in [9.17, 15) is 23.2 Å². The molecule has 0 aliphatic rings. The standard InChI is InChI=1S/C27H21F4N3O6/c1-33-23(21-19(28)12-18(38-2)13-20(21)29)22(32-24(35)14-7-9-17(10-8-14)40-27(30)31)25(36)34(33)16-6-4-5-15(11-16)26(37)39-3/h4-13,27H,1-3H3,(H,32,35). The Balaban J connectivity index is 1.89. The van der Waals surface area contributed by atoms with E-state index >= 15 is 8.78 Å². The molecular formula is C27H21F4N3O6. The lowest BCUT2D eigenvalue weighted by Gasteiger charge is -2.13. The Kier molecular flexibility index (Phi) is 7.93. The van der Waals surface area contributed by atoms with Crippen LogP contribution in [0.4, 0.5) is 23.2 Å². The number of nitrogens with zero attached hydrogens (tertiary/aromatic N) is 2. The summed E-state index contributed by atoms with van der Waals surface area (Å²) in [7, 11) is 3.73. The number of carbonyl (C=O) groups is 2. The number of rotatable bonds is 8. The van der Waals surface area contributed by atoms with Gasteiger partial charge in [-0.15, -0.1) is 0 Å². The van der Waals surface area contributed by atoms with Crippen molar-refractivity contribution < 1.29 is 41.4 Å². The zero-order chi connectivity index (χ0) is 29.1. The average molecular weight is 559 g/mol. The summed E-state index contributed by atoms with van der Waals surface area (Å²) in [4.78, 5) is 38.8. The quantitative estimate of drug-likeness (QED) is 0.247. The van der Waals surface area contributed by atoms with Crippen molar-refractivity contribution >= 4 is 17.6 Å². The van der Waals surface area contributed by atoms with E-state index in [1.54, 1.807) is 0 Å². The number of hydrogen-bond acceptors (Lipinski definition) is 6. The van der Waals surface area contributed by atoms with Crippen LogP contribution in [0.15, 0.2) is 65.5 Å². The van der Waals surface area contributed by atoms with Crippen LogP contribution in [-0.2, 0) is 11.8 Å². The minimum Gasteiger partial charge on any atom is -0.497 e. The molecule has 208 valence electrons. The zero-order valence-corrected chi connectivity index (χ0v) is 21.2. The molecule has 4 rings (SSSR count). The van der Waals surface area contributed by atoms with Gasteiger partial charge in [0.2, 0.25) is 0 Å². The molecular weight excluding hydrogens is 538 g/mol. The maximum Gasteiger partial charge on any atom is 0.387 e. The molecule has 1 N–H and O–H groups in total. The molecule has 4 aromatic rings. The smallest absolute Gasteiger partial charge is 0.387 e. The largest absolute Gasteiger partial charge is 0.497 e. The average Bonchev–Trinajstić information content (AvgIpc) is 3.16. The summed E-state index contributed by atoms with van der Waals surface area (Å²) in [5, 5.41) is 2.38. The number of amides is 1. The highest BCUT2D eigenvalue weighted by Crippen LogP contribution is 2.34. The maximum atomic E-state index is 15.2. The summed E-state index contributed by atoms with van der Waals surface area (Å²) in [6.45, 7) is -3.07. The van der Waals surface area contributed by atoms with Crippen LogP contribution in [0.1, 0.15) is 20.7 Å². The van der Waals surface area contributed by atoms with Crippen LogP contribution >= 0.6 is 0 Å². The number of methoxy groups -OCH3 is 2. The molecule has 13 heteroatoms. The first kappa shape index (κ1) is 28.0. The van der Waals surface area contributed by atoms with Crippen LogP contribution in [0, 0.1) is 11.6 Å². The highest BCUT2D eigenvalue weighted by molar-refractivity contribution is 6.06. The molecule has 0 fully saturated rings. The topological polar surface area (TPSA) is 101 Å². The lowest BCUT2D eigenvalue weighted by atomic mass is 10.1. The summed E-state index contributed by atoms with van der Waals surface area (Å²) in [6.07, 6.45) is 0. The summed E-state index contributed by atoms with van der Waals surface area (Å²) in [5.74, 6) is -4.07. The molecule has 0 spiro atoms. The number of anilines is 1. The highest BCUT2D eigenvalue weighted by Gasteiger charge is 2.28. The SMILES string of the molecule is COC(=O)c1cccc(-n2c(=O)c(NC(=O)c3ccc(OC(F)F)cc3)c(-c3c(F)cc(OC)cc3F)n2C)c1. The summed E-state index contributed by atoms with van der Waals surface area (Å²) >= 11 is 0. The number of carbonyl (C=O) groups excluding carboxylic acids is 2. The number of aromatic nitrogens is 2.